The van der Waals surface area contributed by atoms with E-state index in [9.17, 15) is 13.2 Å². The van der Waals surface area contributed by atoms with E-state index < -0.39 is 9.84 Å². The zero-order valence-corrected chi connectivity index (χ0v) is 10.4. The Morgan fingerprint density at radius 1 is 1.33 bits per heavy atom. The van der Waals surface area contributed by atoms with Gasteiger partial charge in [0.1, 0.15) is 0 Å². The Morgan fingerprint density at radius 3 is 2.83 bits per heavy atom. The fourth-order valence-electron chi connectivity index (χ4n) is 2.58. The van der Waals surface area contributed by atoms with Crippen molar-refractivity contribution in [1.82, 2.24) is 5.32 Å². The summed E-state index contributed by atoms with van der Waals surface area (Å²) >= 11 is 0. The summed E-state index contributed by atoms with van der Waals surface area (Å²) in [5.41, 5.74) is 6.87. The topological polar surface area (TPSA) is 92.5 Å². The second-order valence-corrected chi connectivity index (χ2v) is 6.82. The van der Waals surface area contributed by atoms with E-state index in [0.29, 0.717) is 11.4 Å². The van der Waals surface area contributed by atoms with Gasteiger partial charge in [-0.1, -0.05) is 6.07 Å². The Labute approximate surface area is 105 Å². The molecule has 2 aliphatic rings. The molecule has 0 saturated carbocycles. The number of fused-ring (bicyclic) bond motifs is 1. The van der Waals surface area contributed by atoms with E-state index in [1.165, 1.54) is 4.90 Å². The minimum atomic E-state index is -3.07. The van der Waals surface area contributed by atoms with Gasteiger partial charge in [0.2, 0.25) is 0 Å². The lowest BCUT2D eigenvalue weighted by atomic mass is 10.1. The van der Waals surface area contributed by atoms with Gasteiger partial charge in [-0.05, 0) is 18.2 Å². The summed E-state index contributed by atoms with van der Waals surface area (Å²) < 4.78 is 23.2. The number of nitrogen functional groups attached to an aromatic ring is 1. The van der Waals surface area contributed by atoms with Crippen molar-refractivity contribution in [3.05, 3.63) is 24.3 Å². The van der Waals surface area contributed by atoms with Gasteiger partial charge in [-0.3, -0.25) is 4.90 Å². The number of rotatable bonds is 1. The molecule has 0 radical (unpaired) electrons. The standard InChI is InChI=1S/C11H13N3O3S/c12-7-2-1-3-8(4-7)14-10-6-18(16,17)5-9(10)13-11(14)15/h1-4,9-10H,5-6,12H2,(H,13,15). The maximum Gasteiger partial charge on any atom is 0.322 e. The van der Waals surface area contributed by atoms with E-state index in [4.69, 9.17) is 5.73 Å². The molecule has 3 rings (SSSR count). The van der Waals surface area contributed by atoms with Crippen LogP contribution < -0.4 is 16.0 Å². The molecular weight excluding hydrogens is 254 g/mol. The van der Waals surface area contributed by atoms with Crippen LogP contribution in [0, 0.1) is 0 Å². The van der Waals surface area contributed by atoms with Gasteiger partial charge in [-0.15, -0.1) is 0 Å². The molecule has 0 bridgehead atoms. The first-order valence-electron chi connectivity index (χ1n) is 5.62. The summed E-state index contributed by atoms with van der Waals surface area (Å²) in [6, 6.07) is 5.99. The zero-order chi connectivity index (χ0) is 12.9. The number of anilines is 2. The van der Waals surface area contributed by atoms with Crippen LogP contribution in [-0.4, -0.2) is 38.0 Å². The molecule has 1 aromatic carbocycles. The molecule has 96 valence electrons. The summed E-state index contributed by atoms with van der Waals surface area (Å²) in [5.74, 6) is 0.0213. The Hall–Kier alpha value is -1.76. The lowest BCUT2D eigenvalue weighted by Crippen LogP contribution is -2.36. The van der Waals surface area contributed by atoms with Crippen molar-refractivity contribution in [1.29, 1.82) is 0 Å². The summed E-state index contributed by atoms with van der Waals surface area (Å²) in [6.07, 6.45) is 0. The van der Waals surface area contributed by atoms with Gasteiger partial charge in [0, 0.05) is 11.4 Å². The van der Waals surface area contributed by atoms with Gasteiger partial charge >= 0.3 is 6.03 Å². The van der Waals surface area contributed by atoms with E-state index >= 15 is 0 Å². The molecule has 1 aromatic rings. The predicted octanol–water partition coefficient (Wildman–Crippen LogP) is -0.0360. The average molecular weight is 267 g/mol. The largest absolute Gasteiger partial charge is 0.399 e. The first kappa shape index (κ1) is 11.3. The molecule has 2 atom stereocenters. The minimum Gasteiger partial charge on any atom is -0.399 e. The van der Waals surface area contributed by atoms with Crippen LogP contribution in [-0.2, 0) is 9.84 Å². The van der Waals surface area contributed by atoms with Crippen molar-refractivity contribution in [3.8, 4) is 0 Å². The maximum absolute atomic E-state index is 11.9. The van der Waals surface area contributed by atoms with E-state index in [2.05, 4.69) is 5.32 Å². The van der Waals surface area contributed by atoms with Gasteiger partial charge in [0.15, 0.2) is 9.84 Å². The van der Waals surface area contributed by atoms with Crippen molar-refractivity contribution in [2.45, 2.75) is 12.1 Å². The number of hydrogen-bond acceptors (Lipinski definition) is 4. The fourth-order valence-corrected chi connectivity index (χ4v) is 4.47. The van der Waals surface area contributed by atoms with Crippen LogP contribution in [0.1, 0.15) is 0 Å². The predicted molar refractivity (Wildman–Crippen MR) is 68.1 cm³/mol. The van der Waals surface area contributed by atoms with E-state index in [-0.39, 0.29) is 29.6 Å². The van der Waals surface area contributed by atoms with Crippen molar-refractivity contribution < 1.29 is 13.2 Å². The third kappa shape index (κ3) is 1.71. The van der Waals surface area contributed by atoms with Crippen LogP contribution in [0.15, 0.2) is 24.3 Å². The summed E-state index contributed by atoms with van der Waals surface area (Å²) in [5, 5.41) is 2.71. The smallest absolute Gasteiger partial charge is 0.322 e. The second-order valence-electron chi connectivity index (χ2n) is 4.67. The maximum atomic E-state index is 11.9. The van der Waals surface area contributed by atoms with Gasteiger partial charge < -0.3 is 11.1 Å². The molecule has 0 spiro atoms. The third-order valence-corrected chi connectivity index (χ3v) is 5.05. The molecule has 2 saturated heterocycles. The number of benzene rings is 1. The SMILES string of the molecule is Nc1cccc(N2C(=O)NC3CS(=O)(=O)CC32)c1. The van der Waals surface area contributed by atoms with Crippen molar-refractivity contribution in [2.75, 3.05) is 22.1 Å². The number of urea groups is 1. The molecule has 3 N–H and O–H groups in total. The van der Waals surface area contributed by atoms with Gasteiger partial charge in [-0.25, -0.2) is 13.2 Å². The Morgan fingerprint density at radius 2 is 2.11 bits per heavy atom. The van der Waals surface area contributed by atoms with Gasteiger partial charge in [0.25, 0.3) is 0 Å². The molecule has 2 unspecified atom stereocenters. The van der Waals surface area contributed by atoms with Crippen LogP contribution in [0.3, 0.4) is 0 Å². The van der Waals surface area contributed by atoms with Crippen molar-refractivity contribution in [2.24, 2.45) is 0 Å². The highest BCUT2D eigenvalue weighted by Crippen LogP contribution is 2.30. The molecular formula is C11H13N3O3S. The normalized spacial score (nSPS) is 29.1. The number of carbonyl (C=O) groups is 1. The molecule has 18 heavy (non-hydrogen) atoms. The van der Waals surface area contributed by atoms with Crippen LogP contribution in [0.25, 0.3) is 0 Å². The Kier molecular flexibility index (Phi) is 2.28. The monoisotopic (exact) mass is 267 g/mol. The van der Waals surface area contributed by atoms with Crippen LogP contribution >= 0.6 is 0 Å². The Bertz CT molecular complexity index is 614. The average Bonchev–Trinajstić information content (AvgIpc) is 2.68. The molecule has 0 aliphatic carbocycles. The van der Waals surface area contributed by atoms with Crippen LogP contribution in [0.2, 0.25) is 0 Å². The fraction of sp³-hybridized carbons (Fsp3) is 0.364. The van der Waals surface area contributed by atoms with E-state index in [1.807, 2.05) is 0 Å². The number of nitrogens with zero attached hydrogens (tertiary/aromatic N) is 1. The molecule has 0 aromatic heterocycles. The first-order chi connectivity index (χ1) is 8.46. The molecule has 2 fully saturated rings. The van der Waals surface area contributed by atoms with Gasteiger partial charge in [-0.2, -0.15) is 0 Å². The summed E-state index contributed by atoms with van der Waals surface area (Å²) in [7, 11) is -3.07. The summed E-state index contributed by atoms with van der Waals surface area (Å²) in [4.78, 5) is 13.4. The lowest BCUT2D eigenvalue weighted by molar-refractivity contribution is 0.251. The highest BCUT2D eigenvalue weighted by Gasteiger charge is 2.49. The van der Waals surface area contributed by atoms with Crippen molar-refractivity contribution >= 4 is 27.2 Å². The third-order valence-electron chi connectivity index (χ3n) is 3.33. The quantitative estimate of drug-likeness (QED) is 0.552. The van der Waals surface area contributed by atoms with Gasteiger partial charge in [0.05, 0.1) is 23.6 Å². The first-order valence-corrected chi connectivity index (χ1v) is 7.44. The minimum absolute atomic E-state index is 0.00516. The molecule has 6 nitrogen and oxygen atoms in total. The highest BCUT2D eigenvalue weighted by atomic mass is 32.2. The number of hydrogen-bond donors (Lipinski definition) is 2. The number of carbonyl (C=O) groups excluding carboxylic acids is 1. The number of amides is 2. The lowest BCUT2D eigenvalue weighted by Gasteiger charge is -2.21. The molecule has 2 aliphatic heterocycles. The highest BCUT2D eigenvalue weighted by molar-refractivity contribution is 7.91. The van der Waals surface area contributed by atoms with Crippen LogP contribution in [0.4, 0.5) is 16.2 Å². The zero-order valence-electron chi connectivity index (χ0n) is 9.54. The Balaban J connectivity index is 1.99. The van der Waals surface area contributed by atoms with Crippen molar-refractivity contribution in [3.63, 3.8) is 0 Å². The molecule has 7 heteroatoms. The van der Waals surface area contributed by atoms with E-state index in [0.717, 1.165) is 0 Å². The number of nitrogens with two attached hydrogens (primary N) is 1. The number of nitrogens with one attached hydrogen (secondary N) is 1. The number of sulfone groups is 1. The summed E-state index contributed by atoms with van der Waals surface area (Å²) in [6.45, 7) is 0. The van der Waals surface area contributed by atoms with Crippen LogP contribution in [0.5, 0.6) is 0 Å². The van der Waals surface area contributed by atoms with E-state index in [1.54, 1.807) is 24.3 Å². The molecule has 2 heterocycles. The molecule has 2 amide bonds. The second kappa shape index (κ2) is 3.61.